The molecule has 0 N–H and O–H groups in total. The van der Waals surface area contributed by atoms with Crippen molar-refractivity contribution in [3.8, 4) is 11.5 Å². The minimum absolute atomic E-state index is 0.0206. The van der Waals surface area contributed by atoms with Crippen LogP contribution in [0, 0.1) is 0 Å². The number of pyridine rings is 1. The SMILES string of the molecule is O=C(COc1ccccc1)N1CCC(OCCOc2cccnc2)CC1. The van der Waals surface area contributed by atoms with Gasteiger partial charge in [-0.05, 0) is 37.1 Å². The lowest BCUT2D eigenvalue weighted by Gasteiger charge is -2.31. The van der Waals surface area contributed by atoms with E-state index in [0.29, 0.717) is 32.1 Å². The van der Waals surface area contributed by atoms with Gasteiger partial charge in [-0.15, -0.1) is 0 Å². The zero-order valence-corrected chi connectivity index (χ0v) is 14.8. The van der Waals surface area contributed by atoms with Crippen LogP contribution in [0.3, 0.4) is 0 Å². The summed E-state index contributed by atoms with van der Waals surface area (Å²) in [4.78, 5) is 18.1. The van der Waals surface area contributed by atoms with Crippen molar-refractivity contribution in [1.82, 2.24) is 9.88 Å². The molecule has 1 aliphatic heterocycles. The highest BCUT2D eigenvalue weighted by molar-refractivity contribution is 5.77. The molecule has 3 rings (SSSR count). The maximum Gasteiger partial charge on any atom is 0.260 e. The molecule has 0 radical (unpaired) electrons. The fourth-order valence-corrected chi connectivity index (χ4v) is 2.83. The third-order valence-electron chi connectivity index (χ3n) is 4.24. The lowest BCUT2D eigenvalue weighted by Crippen LogP contribution is -2.43. The van der Waals surface area contributed by atoms with Crippen molar-refractivity contribution >= 4 is 5.91 Å². The Morgan fingerprint density at radius 2 is 1.77 bits per heavy atom. The normalized spacial score (nSPS) is 14.8. The van der Waals surface area contributed by atoms with Crippen LogP contribution in [-0.2, 0) is 9.53 Å². The third kappa shape index (κ3) is 5.74. The average molecular weight is 356 g/mol. The van der Waals surface area contributed by atoms with E-state index in [4.69, 9.17) is 14.2 Å². The van der Waals surface area contributed by atoms with Gasteiger partial charge in [0.1, 0.15) is 18.1 Å². The summed E-state index contributed by atoms with van der Waals surface area (Å²) in [6.07, 6.45) is 5.24. The van der Waals surface area contributed by atoms with Crippen LogP contribution < -0.4 is 9.47 Å². The molecule has 2 heterocycles. The van der Waals surface area contributed by atoms with Crippen LogP contribution in [0.25, 0.3) is 0 Å². The Kier molecular flexibility index (Phi) is 6.84. The van der Waals surface area contributed by atoms with E-state index in [0.717, 1.165) is 18.6 Å². The van der Waals surface area contributed by atoms with Gasteiger partial charge in [-0.3, -0.25) is 9.78 Å². The first kappa shape index (κ1) is 18.2. The zero-order chi connectivity index (χ0) is 18.0. The Bertz CT molecular complexity index is 658. The molecule has 26 heavy (non-hydrogen) atoms. The Labute approximate surface area is 153 Å². The molecule has 6 nitrogen and oxygen atoms in total. The predicted molar refractivity (Wildman–Crippen MR) is 97.2 cm³/mol. The molecule has 1 fully saturated rings. The Balaban J connectivity index is 1.29. The molecule has 1 aromatic carbocycles. The van der Waals surface area contributed by atoms with Crippen LogP contribution in [-0.4, -0.2) is 54.8 Å². The largest absolute Gasteiger partial charge is 0.490 e. The predicted octanol–water partition coefficient (Wildman–Crippen LogP) is 2.55. The number of carbonyl (C=O) groups is 1. The molecule has 0 unspecified atom stereocenters. The number of rotatable bonds is 8. The number of hydrogen-bond donors (Lipinski definition) is 0. The summed E-state index contributed by atoms with van der Waals surface area (Å²) in [6.45, 7) is 2.51. The molecule has 0 bridgehead atoms. The molecule has 138 valence electrons. The van der Waals surface area contributed by atoms with Crippen molar-refractivity contribution in [2.45, 2.75) is 18.9 Å². The second kappa shape index (κ2) is 9.77. The van der Waals surface area contributed by atoms with Crippen LogP contribution in [0.2, 0.25) is 0 Å². The lowest BCUT2D eigenvalue weighted by molar-refractivity contribution is -0.136. The van der Waals surface area contributed by atoms with Gasteiger partial charge in [0.15, 0.2) is 6.61 Å². The van der Waals surface area contributed by atoms with Crippen LogP contribution in [0.15, 0.2) is 54.9 Å². The van der Waals surface area contributed by atoms with E-state index in [2.05, 4.69) is 4.98 Å². The van der Waals surface area contributed by atoms with E-state index in [1.54, 1.807) is 12.4 Å². The van der Waals surface area contributed by atoms with Crippen molar-refractivity contribution < 1.29 is 19.0 Å². The number of ether oxygens (including phenoxy) is 3. The van der Waals surface area contributed by atoms with Gasteiger partial charge in [0.05, 0.1) is 18.9 Å². The van der Waals surface area contributed by atoms with Crippen molar-refractivity contribution in [2.75, 3.05) is 32.9 Å². The molecule has 6 heteroatoms. The summed E-state index contributed by atoms with van der Waals surface area (Å²) in [6, 6.07) is 13.1. The summed E-state index contributed by atoms with van der Waals surface area (Å²) < 4.78 is 16.9. The lowest BCUT2D eigenvalue weighted by atomic mass is 10.1. The summed E-state index contributed by atoms with van der Waals surface area (Å²) >= 11 is 0. The number of benzene rings is 1. The van der Waals surface area contributed by atoms with E-state index >= 15 is 0 Å². The number of hydrogen-bond acceptors (Lipinski definition) is 5. The first-order chi connectivity index (χ1) is 12.8. The number of likely N-dealkylation sites (tertiary alicyclic amines) is 1. The van der Waals surface area contributed by atoms with Gasteiger partial charge in [0, 0.05) is 19.3 Å². The van der Waals surface area contributed by atoms with Gasteiger partial charge in [-0.25, -0.2) is 0 Å². The highest BCUT2D eigenvalue weighted by Crippen LogP contribution is 2.15. The van der Waals surface area contributed by atoms with E-state index in [1.807, 2.05) is 47.4 Å². The van der Waals surface area contributed by atoms with E-state index in [1.165, 1.54) is 0 Å². The van der Waals surface area contributed by atoms with Gasteiger partial charge < -0.3 is 19.1 Å². The molecular formula is C20H24N2O4. The van der Waals surface area contributed by atoms with Gasteiger partial charge in [-0.1, -0.05) is 18.2 Å². The quantitative estimate of drug-likeness (QED) is 0.680. The number of nitrogens with zero attached hydrogens (tertiary/aromatic N) is 2. The summed E-state index contributed by atoms with van der Waals surface area (Å²) in [5.74, 6) is 1.48. The molecule has 0 aliphatic carbocycles. The van der Waals surface area contributed by atoms with Gasteiger partial charge >= 0.3 is 0 Å². The fourth-order valence-electron chi connectivity index (χ4n) is 2.83. The first-order valence-corrected chi connectivity index (χ1v) is 8.91. The fraction of sp³-hybridized carbons (Fsp3) is 0.400. The highest BCUT2D eigenvalue weighted by atomic mass is 16.5. The Hall–Kier alpha value is -2.60. The van der Waals surface area contributed by atoms with E-state index in [9.17, 15) is 4.79 Å². The molecule has 1 aromatic heterocycles. The average Bonchev–Trinajstić information content (AvgIpc) is 2.71. The smallest absolute Gasteiger partial charge is 0.260 e. The Morgan fingerprint density at radius 3 is 2.50 bits per heavy atom. The summed E-state index contributed by atoms with van der Waals surface area (Å²) in [5.41, 5.74) is 0. The topological polar surface area (TPSA) is 60.9 Å². The number of piperidine rings is 1. The molecule has 1 amide bonds. The minimum Gasteiger partial charge on any atom is -0.490 e. The second-order valence-corrected chi connectivity index (χ2v) is 6.09. The molecule has 0 spiro atoms. The number of aromatic nitrogens is 1. The van der Waals surface area contributed by atoms with Crippen LogP contribution in [0.4, 0.5) is 0 Å². The van der Waals surface area contributed by atoms with Crippen LogP contribution in [0.5, 0.6) is 11.5 Å². The maximum atomic E-state index is 12.2. The molecule has 1 saturated heterocycles. The van der Waals surface area contributed by atoms with Crippen molar-refractivity contribution in [3.63, 3.8) is 0 Å². The summed E-state index contributed by atoms with van der Waals surface area (Å²) in [5, 5.41) is 0. The van der Waals surface area contributed by atoms with Gasteiger partial charge in [-0.2, -0.15) is 0 Å². The molecule has 2 aromatic rings. The molecule has 1 aliphatic rings. The second-order valence-electron chi connectivity index (χ2n) is 6.09. The van der Waals surface area contributed by atoms with Crippen LogP contribution >= 0.6 is 0 Å². The standard InChI is InChI=1S/C20H24N2O4/c23-20(16-26-17-5-2-1-3-6-17)22-11-8-18(9-12-22)24-13-14-25-19-7-4-10-21-15-19/h1-7,10,15,18H,8-9,11-14,16H2. The highest BCUT2D eigenvalue weighted by Gasteiger charge is 2.23. The number of carbonyl (C=O) groups excluding carboxylic acids is 1. The Morgan fingerprint density at radius 1 is 1.00 bits per heavy atom. The molecule has 0 atom stereocenters. The van der Waals surface area contributed by atoms with E-state index in [-0.39, 0.29) is 18.6 Å². The minimum atomic E-state index is 0.0206. The third-order valence-corrected chi connectivity index (χ3v) is 4.24. The van der Waals surface area contributed by atoms with Gasteiger partial charge in [0.2, 0.25) is 0 Å². The maximum absolute atomic E-state index is 12.2. The summed E-state index contributed by atoms with van der Waals surface area (Å²) in [7, 11) is 0. The van der Waals surface area contributed by atoms with E-state index < -0.39 is 0 Å². The monoisotopic (exact) mass is 356 g/mol. The molecular weight excluding hydrogens is 332 g/mol. The molecule has 0 saturated carbocycles. The number of amides is 1. The van der Waals surface area contributed by atoms with Gasteiger partial charge in [0.25, 0.3) is 5.91 Å². The first-order valence-electron chi connectivity index (χ1n) is 8.91. The van der Waals surface area contributed by atoms with Crippen molar-refractivity contribution in [3.05, 3.63) is 54.9 Å². The van der Waals surface area contributed by atoms with Crippen LogP contribution in [0.1, 0.15) is 12.8 Å². The zero-order valence-electron chi connectivity index (χ0n) is 14.8. The number of para-hydroxylation sites is 1. The van der Waals surface area contributed by atoms with Crippen molar-refractivity contribution in [2.24, 2.45) is 0 Å². The van der Waals surface area contributed by atoms with Crippen molar-refractivity contribution in [1.29, 1.82) is 0 Å².